The van der Waals surface area contributed by atoms with Crippen LogP contribution in [0.5, 0.6) is 5.88 Å². The van der Waals surface area contributed by atoms with Crippen LogP contribution in [0.2, 0.25) is 5.02 Å². The highest BCUT2D eigenvalue weighted by Crippen LogP contribution is 2.35. The molecule has 3 aromatic carbocycles. The van der Waals surface area contributed by atoms with Crippen LogP contribution in [0.1, 0.15) is 31.1 Å². The van der Waals surface area contributed by atoms with Gasteiger partial charge in [-0.25, -0.2) is 27.2 Å². The molecule has 0 fully saturated rings. The molecule has 0 bridgehead atoms. The van der Waals surface area contributed by atoms with Gasteiger partial charge in [-0.05, 0) is 80.4 Å². The van der Waals surface area contributed by atoms with Crippen molar-refractivity contribution in [3.05, 3.63) is 95.1 Å². The number of hydrogen-bond donors (Lipinski definition) is 3. The van der Waals surface area contributed by atoms with Crippen LogP contribution in [0.15, 0.2) is 77.8 Å². The van der Waals surface area contributed by atoms with Crippen LogP contribution in [0, 0.1) is 11.6 Å². The van der Waals surface area contributed by atoms with Crippen molar-refractivity contribution in [3.8, 4) is 28.1 Å². The first-order chi connectivity index (χ1) is 21.1. The summed E-state index contributed by atoms with van der Waals surface area (Å²) in [6.45, 7) is 5.62. The first kappa shape index (κ1) is 31.6. The first-order valence-electron chi connectivity index (χ1n) is 13.5. The van der Waals surface area contributed by atoms with Gasteiger partial charge in [-0.2, -0.15) is 0 Å². The summed E-state index contributed by atoms with van der Waals surface area (Å²) in [5, 5.41) is 3.84. The van der Waals surface area contributed by atoms with Crippen molar-refractivity contribution in [3.63, 3.8) is 0 Å². The van der Waals surface area contributed by atoms with E-state index in [9.17, 15) is 22.0 Å². The van der Waals surface area contributed by atoms with E-state index in [1.54, 1.807) is 30.3 Å². The van der Waals surface area contributed by atoms with Crippen molar-refractivity contribution in [2.75, 3.05) is 17.6 Å². The third-order valence-electron chi connectivity index (χ3n) is 6.66. The number of halogens is 3. The SMILES string of the molecule is COc1ncc(-c2ccc3nc(N)c(-c4ccc(C(=O)NC(C)(C)C)c(Cl)c4)cc3c2)cc1NS(=O)(=O)c1ccc(F)cc1F. The van der Waals surface area contributed by atoms with Gasteiger partial charge in [-0.1, -0.05) is 23.7 Å². The van der Waals surface area contributed by atoms with Crippen LogP contribution in [-0.2, 0) is 10.0 Å². The van der Waals surface area contributed by atoms with Crippen molar-refractivity contribution in [2.45, 2.75) is 31.2 Å². The molecular formula is C32H28ClF2N5O4S. The zero-order chi connectivity index (χ0) is 32.7. The lowest BCUT2D eigenvalue weighted by atomic mass is 9.99. The number of carbonyl (C=O) groups is 1. The second-order valence-electron chi connectivity index (χ2n) is 11.2. The zero-order valence-corrected chi connectivity index (χ0v) is 26.1. The van der Waals surface area contributed by atoms with Crippen LogP contribution in [0.25, 0.3) is 33.2 Å². The van der Waals surface area contributed by atoms with Gasteiger partial charge >= 0.3 is 0 Å². The highest BCUT2D eigenvalue weighted by molar-refractivity contribution is 7.92. The third-order valence-corrected chi connectivity index (χ3v) is 8.37. The number of fused-ring (bicyclic) bond motifs is 1. The molecule has 0 aliphatic heterocycles. The molecule has 13 heteroatoms. The normalized spacial score (nSPS) is 11.8. The molecule has 5 rings (SSSR count). The lowest BCUT2D eigenvalue weighted by Crippen LogP contribution is -2.40. The number of benzene rings is 3. The van der Waals surface area contributed by atoms with E-state index in [0.717, 1.165) is 12.1 Å². The van der Waals surface area contributed by atoms with E-state index in [-0.39, 0.29) is 28.3 Å². The number of carbonyl (C=O) groups excluding carboxylic acids is 1. The van der Waals surface area contributed by atoms with Crippen molar-refractivity contribution < 1.29 is 26.7 Å². The predicted molar refractivity (Wildman–Crippen MR) is 171 cm³/mol. The van der Waals surface area contributed by atoms with Gasteiger partial charge in [0.1, 0.15) is 28.0 Å². The summed E-state index contributed by atoms with van der Waals surface area (Å²) in [6, 6.07) is 15.8. The Morgan fingerprint density at radius 3 is 2.36 bits per heavy atom. The maximum Gasteiger partial charge on any atom is 0.264 e. The third kappa shape index (κ3) is 6.81. The Balaban J connectivity index is 1.51. The van der Waals surface area contributed by atoms with Crippen LogP contribution < -0.4 is 20.5 Å². The molecule has 0 atom stereocenters. The molecule has 0 aliphatic rings. The van der Waals surface area contributed by atoms with Crippen molar-refractivity contribution in [2.24, 2.45) is 0 Å². The lowest BCUT2D eigenvalue weighted by Gasteiger charge is -2.21. The van der Waals surface area contributed by atoms with Gasteiger partial charge in [0.15, 0.2) is 0 Å². The summed E-state index contributed by atoms with van der Waals surface area (Å²) < 4.78 is 61.1. The summed E-state index contributed by atoms with van der Waals surface area (Å²) in [7, 11) is -3.15. The van der Waals surface area contributed by atoms with Gasteiger partial charge in [-0.3, -0.25) is 9.52 Å². The van der Waals surface area contributed by atoms with Crippen LogP contribution >= 0.6 is 11.6 Å². The molecule has 0 radical (unpaired) electrons. The van der Waals surface area contributed by atoms with Crippen molar-refractivity contribution >= 4 is 49.9 Å². The Labute approximate surface area is 263 Å². The van der Waals surface area contributed by atoms with E-state index < -0.39 is 32.1 Å². The standard InChI is InChI=1S/C32H28ClF2N5O4S/c1-32(2,3)39-30(41)22-8-5-18(13-24(22)33)23-12-19-11-17(6-9-26(19)38-29(23)36)20-14-27(31(44-4)37-16-20)40-45(42,43)28-10-7-21(34)15-25(28)35/h5-16,40H,1-4H3,(H2,36,38)(H,39,41). The topological polar surface area (TPSA) is 136 Å². The number of nitrogens with two attached hydrogens (primary N) is 1. The van der Waals surface area contributed by atoms with Gasteiger partial charge in [0.25, 0.3) is 15.9 Å². The molecule has 1 amide bonds. The number of nitrogens with zero attached hydrogens (tertiary/aromatic N) is 2. The molecule has 2 aromatic heterocycles. The van der Waals surface area contributed by atoms with Gasteiger partial charge < -0.3 is 15.8 Å². The first-order valence-corrected chi connectivity index (χ1v) is 15.4. The Hall–Kier alpha value is -4.81. The quantitative estimate of drug-likeness (QED) is 0.176. The fourth-order valence-corrected chi connectivity index (χ4v) is 5.99. The number of anilines is 2. The molecule has 4 N–H and O–H groups in total. The van der Waals surface area contributed by atoms with Gasteiger partial charge in [-0.15, -0.1) is 0 Å². The van der Waals surface area contributed by atoms with E-state index in [2.05, 4.69) is 20.0 Å². The molecule has 0 unspecified atom stereocenters. The highest BCUT2D eigenvalue weighted by atomic mass is 35.5. The van der Waals surface area contributed by atoms with Crippen LogP contribution in [0.4, 0.5) is 20.3 Å². The smallest absolute Gasteiger partial charge is 0.264 e. The summed E-state index contributed by atoms with van der Waals surface area (Å²) in [4.78, 5) is 20.7. The Morgan fingerprint density at radius 2 is 1.69 bits per heavy atom. The van der Waals surface area contributed by atoms with E-state index >= 15 is 0 Å². The number of pyridine rings is 2. The maximum absolute atomic E-state index is 14.3. The molecule has 45 heavy (non-hydrogen) atoms. The fourth-order valence-electron chi connectivity index (χ4n) is 4.62. The minimum absolute atomic E-state index is 0.0554. The molecule has 5 aromatic rings. The minimum atomic E-state index is -4.46. The number of nitrogens with one attached hydrogen (secondary N) is 2. The Morgan fingerprint density at radius 1 is 0.956 bits per heavy atom. The second-order valence-corrected chi connectivity index (χ2v) is 13.2. The van der Waals surface area contributed by atoms with Crippen molar-refractivity contribution in [1.82, 2.24) is 15.3 Å². The number of nitrogen functional groups attached to an aromatic ring is 1. The van der Waals surface area contributed by atoms with Crippen molar-refractivity contribution in [1.29, 1.82) is 0 Å². The fraction of sp³-hybridized carbons (Fsp3) is 0.156. The van der Waals surface area contributed by atoms with Gasteiger partial charge in [0.05, 0.1) is 23.2 Å². The Kier molecular flexibility index (Phi) is 8.39. The van der Waals surface area contributed by atoms with E-state index in [1.807, 2.05) is 32.9 Å². The monoisotopic (exact) mass is 651 g/mol. The molecular weight excluding hydrogens is 624 g/mol. The molecule has 0 saturated heterocycles. The molecule has 2 heterocycles. The minimum Gasteiger partial charge on any atom is -0.480 e. The zero-order valence-electron chi connectivity index (χ0n) is 24.6. The second kappa shape index (κ2) is 11.9. The molecule has 232 valence electrons. The summed E-state index contributed by atoms with van der Waals surface area (Å²) in [5.41, 5.74) is 9.14. The van der Waals surface area contributed by atoms with E-state index in [1.165, 1.54) is 19.4 Å². The lowest BCUT2D eigenvalue weighted by molar-refractivity contribution is 0.0919. The highest BCUT2D eigenvalue weighted by Gasteiger charge is 2.23. The Bertz CT molecular complexity index is 2090. The predicted octanol–water partition coefficient (Wildman–Crippen LogP) is 6.82. The summed E-state index contributed by atoms with van der Waals surface area (Å²) >= 11 is 6.49. The molecule has 0 spiro atoms. The van der Waals surface area contributed by atoms with Crippen LogP contribution in [-0.4, -0.2) is 36.9 Å². The number of rotatable bonds is 7. The number of hydrogen-bond acceptors (Lipinski definition) is 7. The number of amides is 1. The molecule has 0 aliphatic carbocycles. The largest absolute Gasteiger partial charge is 0.480 e. The number of ether oxygens (including phenoxy) is 1. The number of sulfonamides is 1. The average molecular weight is 652 g/mol. The van der Waals surface area contributed by atoms with E-state index in [4.69, 9.17) is 22.1 Å². The average Bonchev–Trinajstić information content (AvgIpc) is 2.95. The maximum atomic E-state index is 14.3. The molecule has 0 saturated carbocycles. The van der Waals surface area contributed by atoms with Crippen LogP contribution in [0.3, 0.4) is 0 Å². The summed E-state index contributed by atoms with van der Waals surface area (Å²) in [5.74, 6) is -2.25. The van der Waals surface area contributed by atoms with E-state index in [0.29, 0.717) is 44.8 Å². The number of methoxy groups -OCH3 is 1. The summed E-state index contributed by atoms with van der Waals surface area (Å²) in [6.07, 6.45) is 1.49. The van der Waals surface area contributed by atoms with Gasteiger partial charge in [0, 0.05) is 34.3 Å². The van der Waals surface area contributed by atoms with Gasteiger partial charge in [0.2, 0.25) is 5.88 Å². The molecule has 9 nitrogen and oxygen atoms in total. The number of aromatic nitrogens is 2.